The standard InChI is InChI=1S/C16H24N2O2/c1-12(2)18(6-5-17)10-15(19)11-20-16-8-13(3)7-14(4)9-16/h7-9,12,15,19H,6,10-11H2,1-4H3. The second-order valence-corrected chi connectivity index (χ2v) is 5.47. The minimum Gasteiger partial charge on any atom is -0.491 e. The summed E-state index contributed by atoms with van der Waals surface area (Å²) in [6.07, 6.45) is -0.605. The number of benzene rings is 1. The molecule has 1 rings (SSSR count). The van der Waals surface area contributed by atoms with Crippen molar-refractivity contribution in [2.75, 3.05) is 19.7 Å². The highest BCUT2D eigenvalue weighted by Gasteiger charge is 2.15. The van der Waals surface area contributed by atoms with Gasteiger partial charge in [0.25, 0.3) is 0 Å². The van der Waals surface area contributed by atoms with Gasteiger partial charge in [-0.05, 0) is 51.0 Å². The van der Waals surface area contributed by atoms with Crippen molar-refractivity contribution in [3.05, 3.63) is 29.3 Å². The highest BCUT2D eigenvalue weighted by atomic mass is 16.5. The topological polar surface area (TPSA) is 56.5 Å². The van der Waals surface area contributed by atoms with Crippen LogP contribution in [0.25, 0.3) is 0 Å². The van der Waals surface area contributed by atoms with Crippen LogP contribution in [0.5, 0.6) is 5.75 Å². The summed E-state index contributed by atoms with van der Waals surface area (Å²) in [4.78, 5) is 1.93. The van der Waals surface area contributed by atoms with Crippen LogP contribution in [0, 0.1) is 25.2 Å². The molecule has 20 heavy (non-hydrogen) atoms. The Hall–Kier alpha value is -1.57. The molecule has 0 aliphatic carbocycles. The van der Waals surface area contributed by atoms with Gasteiger partial charge in [0.2, 0.25) is 0 Å². The Kier molecular flexibility index (Phi) is 6.50. The fraction of sp³-hybridized carbons (Fsp3) is 0.562. The second kappa shape index (κ2) is 7.88. The molecule has 0 spiro atoms. The van der Waals surface area contributed by atoms with E-state index in [9.17, 15) is 5.11 Å². The highest BCUT2D eigenvalue weighted by molar-refractivity contribution is 5.32. The van der Waals surface area contributed by atoms with E-state index in [0.717, 1.165) is 16.9 Å². The first-order valence-electron chi connectivity index (χ1n) is 6.92. The zero-order valence-corrected chi connectivity index (χ0v) is 12.8. The van der Waals surface area contributed by atoms with Crippen molar-refractivity contribution >= 4 is 0 Å². The summed E-state index contributed by atoms with van der Waals surface area (Å²) in [5.74, 6) is 0.776. The zero-order valence-electron chi connectivity index (χ0n) is 12.8. The number of hydrogen-bond acceptors (Lipinski definition) is 4. The molecule has 1 N–H and O–H groups in total. The van der Waals surface area contributed by atoms with E-state index in [4.69, 9.17) is 10.00 Å². The Bertz CT molecular complexity index is 446. The number of rotatable bonds is 7. The lowest BCUT2D eigenvalue weighted by molar-refractivity contribution is 0.0628. The molecule has 0 amide bonds. The van der Waals surface area contributed by atoms with Crippen LogP contribution >= 0.6 is 0 Å². The van der Waals surface area contributed by atoms with Gasteiger partial charge >= 0.3 is 0 Å². The predicted octanol–water partition coefficient (Wildman–Crippen LogP) is 2.28. The third-order valence-electron chi connectivity index (χ3n) is 3.09. The Morgan fingerprint density at radius 1 is 1.25 bits per heavy atom. The van der Waals surface area contributed by atoms with E-state index in [1.54, 1.807) is 0 Å². The lowest BCUT2D eigenvalue weighted by Crippen LogP contribution is -2.40. The Labute approximate surface area is 121 Å². The van der Waals surface area contributed by atoms with Crippen molar-refractivity contribution in [1.29, 1.82) is 5.26 Å². The first-order chi connectivity index (χ1) is 9.42. The Balaban J connectivity index is 2.50. The lowest BCUT2D eigenvalue weighted by Gasteiger charge is -2.26. The van der Waals surface area contributed by atoms with Crippen molar-refractivity contribution < 1.29 is 9.84 Å². The monoisotopic (exact) mass is 276 g/mol. The fourth-order valence-corrected chi connectivity index (χ4v) is 2.08. The van der Waals surface area contributed by atoms with Gasteiger partial charge in [-0.25, -0.2) is 0 Å². The maximum Gasteiger partial charge on any atom is 0.119 e. The number of nitrogens with zero attached hydrogens (tertiary/aromatic N) is 2. The molecule has 0 saturated heterocycles. The first kappa shape index (κ1) is 16.5. The molecule has 0 radical (unpaired) electrons. The van der Waals surface area contributed by atoms with Gasteiger partial charge in [-0.15, -0.1) is 0 Å². The minimum absolute atomic E-state index is 0.227. The summed E-state index contributed by atoms with van der Waals surface area (Å²) in [6.45, 7) is 9.04. The second-order valence-electron chi connectivity index (χ2n) is 5.47. The van der Waals surface area contributed by atoms with Crippen LogP contribution in [0.2, 0.25) is 0 Å². The van der Waals surface area contributed by atoms with Crippen molar-refractivity contribution in [1.82, 2.24) is 4.90 Å². The van der Waals surface area contributed by atoms with Gasteiger partial charge in [0.15, 0.2) is 0 Å². The van der Waals surface area contributed by atoms with E-state index >= 15 is 0 Å². The largest absolute Gasteiger partial charge is 0.491 e. The molecular weight excluding hydrogens is 252 g/mol. The van der Waals surface area contributed by atoms with E-state index < -0.39 is 6.10 Å². The zero-order chi connectivity index (χ0) is 15.1. The molecule has 1 aromatic carbocycles. The van der Waals surface area contributed by atoms with E-state index in [1.165, 1.54) is 0 Å². The fourth-order valence-electron chi connectivity index (χ4n) is 2.08. The summed E-state index contributed by atoms with van der Waals surface area (Å²) in [6, 6.07) is 8.33. The average Bonchev–Trinajstić information content (AvgIpc) is 2.34. The van der Waals surface area contributed by atoms with Crippen LogP contribution in [0.15, 0.2) is 18.2 Å². The molecule has 0 bridgehead atoms. The van der Waals surface area contributed by atoms with Crippen molar-refractivity contribution in [2.45, 2.75) is 39.8 Å². The summed E-state index contributed by atoms with van der Waals surface area (Å²) >= 11 is 0. The SMILES string of the molecule is Cc1cc(C)cc(OCC(O)CN(CC#N)C(C)C)c1. The van der Waals surface area contributed by atoms with Crippen LogP contribution in [0.3, 0.4) is 0 Å². The van der Waals surface area contributed by atoms with Crippen LogP contribution in [0.1, 0.15) is 25.0 Å². The molecule has 0 aromatic heterocycles. The van der Waals surface area contributed by atoms with Gasteiger partial charge in [0.05, 0.1) is 12.6 Å². The van der Waals surface area contributed by atoms with Gasteiger partial charge < -0.3 is 9.84 Å². The molecule has 4 heteroatoms. The predicted molar refractivity (Wildman–Crippen MR) is 79.7 cm³/mol. The molecule has 0 fully saturated rings. The van der Waals surface area contributed by atoms with Crippen LogP contribution < -0.4 is 4.74 Å². The molecular formula is C16H24N2O2. The van der Waals surface area contributed by atoms with Gasteiger partial charge in [0, 0.05) is 12.6 Å². The number of ether oxygens (including phenoxy) is 1. The van der Waals surface area contributed by atoms with Crippen LogP contribution in [-0.4, -0.2) is 41.8 Å². The van der Waals surface area contributed by atoms with Crippen molar-refractivity contribution in [3.63, 3.8) is 0 Å². The van der Waals surface area contributed by atoms with E-state index in [2.05, 4.69) is 12.1 Å². The van der Waals surface area contributed by atoms with Crippen molar-refractivity contribution in [2.24, 2.45) is 0 Å². The van der Waals surface area contributed by atoms with Gasteiger partial charge in [0.1, 0.15) is 18.5 Å². The third kappa shape index (κ3) is 5.60. The molecule has 1 atom stereocenters. The number of aliphatic hydroxyl groups excluding tert-OH is 1. The van der Waals surface area contributed by atoms with Crippen LogP contribution in [-0.2, 0) is 0 Å². The number of aliphatic hydroxyl groups is 1. The molecule has 1 unspecified atom stereocenters. The summed E-state index contributed by atoms with van der Waals surface area (Å²) < 4.78 is 5.63. The maximum atomic E-state index is 10.0. The molecule has 1 aromatic rings. The number of hydrogen-bond donors (Lipinski definition) is 1. The highest BCUT2D eigenvalue weighted by Crippen LogP contribution is 2.16. The van der Waals surface area contributed by atoms with E-state index in [-0.39, 0.29) is 12.6 Å². The lowest BCUT2D eigenvalue weighted by atomic mass is 10.1. The Morgan fingerprint density at radius 2 is 1.85 bits per heavy atom. The Morgan fingerprint density at radius 3 is 2.35 bits per heavy atom. The van der Waals surface area contributed by atoms with Gasteiger partial charge in [-0.2, -0.15) is 5.26 Å². The summed E-state index contributed by atoms with van der Waals surface area (Å²) in [5, 5.41) is 18.8. The van der Waals surface area contributed by atoms with Gasteiger partial charge in [-0.1, -0.05) is 6.07 Å². The number of nitriles is 1. The first-order valence-corrected chi connectivity index (χ1v) is 6.92. The maximum absolute atomic E-state index is 10.0. The van der Waals surface area contributed by atoms with E-state index in [1.807, 2.05) is 44.7 Å². The smallest absolute Gasteiger partial charge is 0.119 e. The summed E-state index contributed by atoms with van der Waals surface area (Å²) in [7, 11) is 0. The summed E-state index contributed by atoms with van der Waals surface area (Å²) in [5.41, 5.74) is 2.28. The quantitative estimate of drug-likeness (QED) is 0.776. The molecule has 0 saturated carbocycles. The van der Waals surface area contributed by atoms with Crippen LogP contribution in [0.4, 0.5) is 0 Å². The van der Waals surface area contributed by atoms with Gasteiger partial charge in [-0.3, -0.25) is 4.90 Å². The third-order valence-corrected chi connectivity index (χ3v) is 3.09. The molecule has 0 aliphatic rings. The minimum atomic E-state index is -0.605. The molecule has 4 nitrogen and oxygen atoms in total. The molecule has 0 heterocycles. The molecule has 0 aliphatic heterocycles. The number of aryl methyl sites for hydroxylation is 2. The normalized spacial score (nSPS) is 12.5. The van der Waals surface area contributed by atoms with E-state index in [0.29, 0.717) is 13.1 Å². The van der Waals surface area contributed by atoms with Crippen molar-refractivity contribution in [3.8, 4) is 11.8 Å². The average molecular weight is 276 g/mol. The molecule has 110 valence electrons.